The van der Waals surface area contributed by atoms with Gasteiger partial charge in [0.25, 0.3) is 0 Å². The van der Waals surface area contributed by atoms with Gasteiger partial charge in [0.15, 0.2) is 0 Å². The minimum Gasteiger partial charge on any atom is -0.487 e. The molecule has 2 heterocycles. The number of nitrogens with zero attached hydrogens (tertiary/aromatic N) is 2. The topological polar surface area (TPSA) is 80.8 Å². The fourth-order valence-corrected chi connectivity index (χ4v) is 3.45. The van der Waals surface area contributed by atoms with Gasteiger partial charge in [0.05, 0.1) is 19.3 Å². The molecule has 2 amide bonds. The molecule has 1 N–H and O–H groups in total. The minimum absolute atomic E-state index is 0.0435. The molecule has 7 heteroatoms. The molecular weight excluding hydrogens is 370 g/mol. The Labute approximate surface area is 171 Å². The zero-order valence-corrected chi connectivity index (χ0v) is 16.6. The van der Waals surface area contributed by atoms with Crippen molar-refractivity contribution in [1.29, 1.82) is 0 Å². The lowest BCUT2D eigenvalue weighted by Crippen LogP contribution is -2.46. The summed E-state index contributed by atoms with van der Waals surface area (Å²) in [5.74, 6) is 0.417. The number of methoxy groups -OCH3 is 1. The van der Waals surface area contributed by atoms with Crippen molar-refractivity contribution < 1.29 is 19.1 Å². The Morgan fingerprint density at radius 3 is 2.76 bits per heavy atom. The fourth-order valence-electron chi connectivity index (χ4n) is 3.45. The van der Waals surface area contributed by atoms with Crippen LogP contribution in [-0.2, 0) is 20.7 Å². The van der Waals surface area contributed by atoms with Gasteiger partial charge in [0, 0.05) is 32.7 Å². The summed E-state index contributed by atoms with van der Waals surface area (Å²) < 4.78 is 11.0. The van der Waals surface area contributed by atoms with Crippen LogP contribution in [0.25, 0.3) is 0 Å². The average molecular weight is 397 g/mol. The van der Waals surface area contributed by atoms with Crippen molar-refractivity contribution in [3.05, 3.63) is 60.4 Å². The van der Waals surface area contributed by atoms with Gasteiger partial charge in [-0.25, -0.2) is 0 Å². The highest BCUT2D eigenvalue weighted by Gasteiger charge is 2.40. The molecule has 2 atom stereocenters. The first-order valence-corrected chi connectivity index (χ1v) is 9.84. The zero-order chi connectivity index (χ0) is 20.5. The summed E-state index contributed by atoms with van der Waals surface area (Å²) in [5.41, 5.74) is 1.10. The number of aromatic nitrogens is 1. The maximum atomic E-state index is 12.9. The molecule has 2 unspecified atom stereocenters. The lowest BCUT2D eigenvalue weighted by Gasteiger charge is -2.23. The molecule has 0 radical (unpaired) electrons. The summed E-state index contributed by atoms with van der Waals surface area (Å²) in [7, 11) is 1.58. The van der Waals surface area contributed by atoms with Crippen molar-refractivity contribution >= 4 is 11.8 Å². The van der Waals surface area contributed by atoms with Crippen LogP contribution >= 0.6 is 0 Å². The van der Waals surface area contributed by atoms with E-state index in [-0.39, 0.29) is 17.9 Å². The Bertz CT molecular complexity index is 785. The van der Waals surface area contributed by atoms with Gasteiger partial charge in [-0.2, -0.15) is 0 Å². The Hall–Kier alpha value is -2.93. The number of aryl methyl sites for hydroxylation is 1. The van der Waals surface area contributed by atoms with Crippen molar-refractivity contribution in [2.24, 2.45) is 0 Å². The molecule has 1 aromatic heterocycles. The van der Waals surface area contributed by atoms with Crippen LogP contribution in [0.4, 0.5) is 0 Å². The molecule has 7 nitrogen and oxygen atoms in total. The van der Waals surface area contributed by atoms with Gasteiger partial charge in [0.1, 0.15) is 17.9 Å². The monoisotopic (exact) mass is 397 g/mol. The van der Waals surface area contributed by atoms with E-state index in [0.717, 1.165) is 5.56 Å². The normalized spacial score (nSPS) is 18.4. The molecule has 0 spiro atoms. The SMILES string of the molecule is COCCNC(=O)C1CC(Oc2cccnc2)CN1C(=O)CCc1ccccc1. The van der Waals surface area contributed by atoms with Gasteiger partial charge in [0.2, 0.25) is 11.8 Å². The maximum Gasteiger partial charge on any atom is 0.243 e. The number of pyridine rings is 1. The molecule has 1 aliphatic heterocycles. The van der Waals surface area contributed by atoms with Gasteiger partial charge in [-0.05, 0) is 24.1 Å². The summed E-state index contributed by atoms with van der Waals surface area (Å²) in [6.07, 6.45) is 4.50. The molecule has 154 valence electrons. The second-order valence-corrected chi connectivity index (χ2v) is 7.00. The predicted octanol–water partition coefficient (Wildman–Crippen LogP) is 1.83. The second-order valence-electron chi connectivity index (χ2n) is 7.00. The first-order valence-electron chi connectivity index (χ1n) is 9.84. The van der Waals surface area contributed by atoms with E-state index in [1.165, 1.54) is 0 Å². The van der Waals surface area contributed by atoms with Crippen LogP contribution in [0.2, 0.25) is 0 Å². The van der Waals surface area contributed by atoms with E-state index in [2.05, 4.69) is 10.3 Å². The molecule has 3 rings (SSSR count). The number of amides is 2. The van der Waals surface area contributed by atoms with E-state index >= 15 is 0 Å². The summed E-state index contributed by atoms with van der Waals surface area (Å²) in [6, 6.07) is 12.9. The maximum absolute atomic E-state index is 12.9. The highest BCUT2D eigenvalue weighted by atomic mass is 16.5. The van der Waals surface area contributed by atoms with E-state index in [0.29, 0.717) is 44.7 Å². The van der Waals surface area contributed by atoms with Gasteiger partial charge >= 0.3 is 0 Å². The average Bonchev–Trinajstić information content (AvgIpc) is 3.17. The van der Waals surface area contributed by atoms with Crippen LogP contribution in [0.3, 0.4) is 0 Å². The molecular formula is C22H27N3O4. The zero-order valence-electron chi connectivity index (χ0n) is 16.6. The number of nitrogens with one attached hydrogen (secondary N) is 1. The minimum atomic E-state index is -0.545. The van der Waals surface area contributed by atoms with Crippen molar-refractivity contribution in [3.63, 3.8) is 0 Å². The number of hydrogen-bond acceptors (Lipinski definition) is 5. The molecule has 1 aromatic carbocycles. The molecule has 1 saturated heterocycles. The Balaban J connectivity index is 1.64. The third kappa shape index (κ3) is 6.02. The molecule has 1 fully saturated rings. The molecule has 0 saturated carbocycles. The molecule has 0 bridgehead atoms. The number of carbonyl (C=O) groups excluding carboxylic acids is 2. The van der Waals surface area contributed by atoms with E-state index in [9.17, 15) is 9.59 Å². The quantitative estimate of drug-likeness (QED) is 0.653. The number of hydrogen-bond donors (Lipinski definition) is 1. The van der Waals surface area contributed by atoms with E-state index < -0.39 is 6.04 Å². The number of carbonyl (C=O) groups is 2. The molecule has 2 aromatic rings. The third-order valence-corrected chi connectivity index (χ3v) is 4.90. The van der Waals surface area contributed by atoms with Crippen molar-refractivity contribution in [2.75, 3.05) is 26.8 Å². The Morgan fingerprint density at radius 2 is 2.03 bits per heavy atom. The number of rotatable bonds is 9. The highest BCUT2D eigenvalue weighted by Crippen LogP contribution is 2.24. The predicted molar refractivity (Wildman–Crippen MR) is 108 cm³/mol. The molecule has 29 heavy (non-hydrogen) atoms. The van der Waals surface area contributed by atoms with Crippen LogP contribution in [0.5, 0.6) is 5.75 Å². The summed E-state index contributed by atoms with van der Waals surface area (Å²) in [5, 5.41) is 2.84. The van der Waals surface area contributed by atoms with E-state index in [1.54, 1.807) is 30.5 Å². The van der Waals surface area contributed by atoms with Crippen LogP contribution in [-0.4, -0.2) is 60.7 Å². The first kappa shape index (κ1) is 20.8. The van der Waals surface area contributed by atoms with Crippen LogP contribution in [0.15, 0.2) is 54.9 Å². The van der Waals surface area contributed by atoms with Crippen LogP contribution < -0.4 is 10.1 Å². The van der Waals surface area contributed by atoms with Gasteiger partial charge in [-0.15, -0.1) is 0 Å². The third-order valence-electron chi connectivity index (χ3n) is 4.90. The van der Waals surface area contributed by atoms with Crippen LogP contribution in [0, 0.1) is 0 Å². The number of ether oxygens (including phenoxy) is 2. The lowest BCUT2D eigenvalue weighted by atomic mass is 10.1. The summed E-state index contributed by atoms with van der Waals surface area (Å²) in [6.45, 7) is 1.22. The number of benzene rings is 1. The van der Waals surface area contributed by atoms with Crippen LogP contribution in [0.1, 0.15) is 18.4 Å². The summed E-state index contributed by atoms with van der Waals surface area (Å²) >= 11 is 0. The highest BCUT2D eigenvalue weighted by molar-refractivity contribution is 5.88. The Morgan fingerprint density at radius 1 is 1.21 bits per heavy atom. The van der Waals surface area contributed by atoms with Crippen molar-refractivity contribution in [2.45, 2.75) is 31.4 Å². The van der Waals surface area contributed by atoms with Crippen molar-refractivity contribution in [3.8, 4) is 5.75 Å². The smallest absolute Gasteiger partial charge is 0.243 e. The second kappa shape index (κ2) is 10.6. The summed E-state index contributed by atoms with van der Waals surface area (Å²) in [4.78, 5) is 31.3. The van der Waals surface area contributed by atoms with E-state index in [4.69, 9.17) is 9.47 Å². The van der Waals surface area contributed by atoms with E-state index in [1.807, 2.05) is 36.4 Å². The van der Waals surface area contributed by atoms with Gasteiger partial charge < -0.3 is 19.7 Å². The lowest BCUT2D eigenvalue weighted by molar-refractivity contribution is -0.138. The molecule has 1 aliphatic rings. The largest absolute Gasteiger partial charge is 0.487 e. The fraction of sp³-hybridized carbons (Fsp3) is 0.409. The molecule has 0 aliphatic carbocycles. The standard InChI is InChI=1S/C22H27N3O4/c1-28-13-12-24-22(27)20-14-19(29-18-8-5-11-23-15-18)16-25(20)21(26)10-9-17-6-3-2-4-7-17/h2-8,11,15,19-20H,9-10,12-14,16H2,1H3,(H,24,27). The van der Waals surface area contributed by atoms with Crippen molar-refractivity contribution in [1.82, 2.24) is 15.2 Å². The van der Waals surface area contributed by atoms with Gasteiger partial charge in [-0.1, -0.05) is 30.3 Å². The first-order chi connectivity index (χ1) is 14.2. The van der Waals surface area contributed by atoms with Gasteiger partial charge in [-0.3, -0.25) is 14.6 Å². The number of likely N-dealkylation sites (tertiary alicyclic amines) is 1. The Kier molecular flexibility index (Phi) is 7.58.